The largest absolute Gasteiger partial charge is 0.382 e. The summed E-state index contributed by atoms with van der Waals surface area (Å²) in [6.45, 7) is 6.65. The summed E-state index contributed by atoms with van der Waals surface area (Å²) < 4.78 is 18.3. The zero-order valence-electron chi connectivity index (χ0n) is 13.7. The molecule has 0 saturated carbocycles. The van der Waals surface area contributed by atoms with Gasteiger partial charge in [-0.15, -0.1) is 0 Å². The second-order valence-corrected chi connectivity index (χ2v) is 4.73. The van der Waals surface area contributed by atoms with Gasteiger partial charge in [0.1, 0.15) is 12.4 Å². The molecule has 6 nitrogen and oxygen atoms in total. The van der Waals surface area contributed by atoms with Crippen molar-refractivity contribution >= 4 is 17.6 Å². The number of guanidine groups is 1. The predicted molar refractivity (Wildman–Crippen MR) is 90.1 cm³/mol. The van der Waals surface area contributed by atoms with Crippen molar-refractivity contribution < 1.29 is 13.9 Å². The lowest BCUT2D eigenvalue weighted by Gasteiger charge is -2.11. The molecule has 0 aromatic heterocycles. The van der Waals surface area contributed by atoms with Crippen LogP contribution in [0.1, 0.15) is 20.3 Å². The Bertz CT molecular complexity index is 509. The Labute approximate surface area is 136 Å². The van der Waals surface area contributed by atoms with Crippen molar-refractivity contribution in [3.63, 3.8) is 0 Å². The topological polar surface area (TPSA) is 74.8 Å². The highest BCUT2D eigenvalue weighted by atomic mass is 19.1. The number of hydrogen-bond donors (Lipinski definition) is 3. The number of ether oxygens (including phenoxy) is 1. The summed E-state index contributed by atoms with van der Waals surface area (Å²) in [6, 6.07) is 5.75. The number of halogens is 1. The fraction of sp³-hybridized carbons (Fsp3) is 0.500. The summed E-state index contributed by atoms with van der Waals surface area (Å²) >= 11 is 0. The Morgan fingerprint density at radius 1 is 1.30 bits per heavy atom. The summed E-state index contributed by atoms with van der Waals surface area (Å²) in [7, 11) is 0. The fourth-order valence-electron chi connectivity index (χ4n) is 1.78. The average Bonchev–Trinajstić information content (AvgIpc) is 2.52. The van der Waals surface area contributed by atoms with Crippen LogP contribution in [0.2, 0.25) is 0 Å². The number of nitrogens with one attached hydrogen (secondary N) is 3. The molecule has 0 aliphatic heterocycles. The lowest BCUT2D eigenvalue weighted by atomic mass is 10.3. The third-order valence-corrected chi connectivity index (χ3v) is 2.80. The van der Waals surface area contributed by atoms with E-state index in [1.165, 1.54) is 18.2 Å². The molecule has 128 valence electrons. The highest BCUT2D eigenvalue weighted by Crippen LogP contribution is 2.08. The molecule has 7 heteroatoms. The van der Waals surface area contributed by atoms with Gasteiger partial charge in [-0.25, -0.2) is 9.38 Å². The minimum atomic E-state index is -0.393. The van der Waals surface area contributed by atoms with Gasteiger partial charge in [-0.1, -0.05) is 6.07 Å². The van der Waals surface area contributed by atoms with Crippen LogP contribution in [0.4, 0.5) is 10.1 Å². The predicted octanol–water partition coefficient (Wildman–Crippen LogP) is 1.75. The van der Waals surface area contributed by atoms with E-state index in [1.807, 2.05) is 13.8 Å². The van der Waals surface area contributed by atoms with E-state index < -0.39 is 5.82 Å². The van der Waals surface area contributed by atoms with E-state index in [2.05, 4.69) is 20.9 Å². The van der Waals surface area contributed by atoms with E-state index >= 15 is 0 Å². The summed E-state index contributed by atoms with van der Waals surface area (Å²) in [5, 5.41) is 8.79. The zero-order valence-corrected chi connectivity index (χ0v) is 13.7. The number of nitrogens with zero attached hydrogens (tertiary/aromatic N) is 1. The Hall–Kier alpha value is -2.15. The second kappa shape index (κ2) is 11.4. The molecule has 0 bridgehead atoms. The van der Waals surface area contributed by atoms with Gasteiger partial charge in [-0.3, -0.25) is 4.79 Å². The first-order valence-corrected chi connectivity index (χ1v) is 7.81. The molecule has 1 rings (SSSR count). The first kappa shape index (κ1) is 18.9. The Balaban J connectivity index is 2.41. The summed E-state index contributed by atoms with van der Waals surface area (Å²) in [5.41, 5.74) is 0.417. The lowest BCUT2D eigenvalue weighted by molar-refractivity contribution is -0.114. The number of carbonyl (C=O) groups is 1. The van der Waals surface area contributed by atoms with Gasteiger partial charge in [0.2, 0.25) is 5.91 Å². The average molecular weight is 324 g/mol. The summed E-state index contributed by atoms with van der Waals surface area (Å²) in [5.74, 6) is -0.129. The van der Waals surface area contributed by atoms with Gasteiger partial charge in [0, 0.05) is 32.0 Å². The lowest BCUT2D eigenvalue weighted by Crippen LogP contribution is -2.38. The van der Waals surface area contributed by atoms with E-state index in [0.717, 1.165) is 6.42 Å². The maximum atomic E-state index is 13.1. The number of amides is 1. The van der Waals surface area contributed by atoms with Crippen LogP contribution in [0.15, 0.2) is 29.3 Å². The number of aliphatic imine (C=N–C) groups is 1. The molecule has 0 radical (unpaired) electrons. The molecule has 0 atom stereocenters. The molecule has 0 unspecified atom stereocenters. The maximum absolute atomic E-state index is 13.1. The van der Waals surface area contributed by atoms with Crippen LogP contribution >= 0.6 is 0 Å². The smallest absolute Gasteiger partial charge is 0.246 e. The molecule has 0 aliphatic rings. The normalized spacial score (nSPS) is 11.2. The van der Waals surface area contributed by atoms with Crippen LogP contribution in [-0.4, -0.2) is 44.7 Å². The third kappa shape index (κ3) is 8.77. The molecular formula is C16H25FN4O2. The van der Waals surface area contributed by atoms with E-state index in [-0.39, 0.29) is 12.5 Å². The van der Waals surface area contributed by atoms with Crippen LogP contribution in [-0.2, 0) is 9.53 Å². The SMILES string of the molecule is CCNC(=NCC(=O)Nc1cccc(F)c1)NCCCOCC. The van der Waals surface area contributed by atoms with Crippen molar-refractivity contribution in [2.75, 3.05) is 38.2 Å². The van der Waals surface area contributed by atoms with E-state index in [4.69, 9.17) is 4.74 Å². The molecule has 1 aromatic carbocycles. The molecule has 1 aromatic rings. The van der Waals surface area contributed by atoms with Crippen LogP contribution in [0, 0.1) is 5.82 Å². The summed E-state index contributed by atoms with van der Waals surface area (Å²) in [6.07, 6.45) is 0.855. The van der Waals surface area contributed by atoms with Crippen molar-refractivity contribution in [3.8, 4) is 0 Å². The molecule has 3 N–H and O–H groups in total. The van der Waals surface area contributed by atoms with Gasteiger partial charge in [0.25, 0.3) is 0 Å². The molecule has 0 fully saturated rings. The monoisotopic (exact) mass is 324 g/mol. The van der Waals surface area contributed by atoms with Crippen molar-refractivity contribution in [3.05, 3.63) is 30.1 Å². The molecule has 23 heavy (non-hydrogen) atoms. The number of anilines is 1. The van der Waals surface area contributed by atoms with Crippen LogP contribution in [0.5, 0.6) is 0 Å². The molecule has 1 amide bonds. The van der Waals surface area contributed by atoms with Crippen molar-refractivity contribution in [2.45, 2.75) is 20.3 Å². The molecule has 0 heterocycles. The first-order chi connectivity index (χ1) is 11.2. The van der Waals surface area contributed by atoms with Gasteiger partial charge < -0.3 is 20.7 Å². The minimum Gasteiger partial charge on any atom is -0.382 e. The number of rotatable bonds is 9. The summed E-state index contributed by atoms with van der Waals surface area (Å²) in [4.78, 5) is 16.0. The third-order valence-electron chi connectivity index (χ3n) is 2.80. The molecular weight excluding hydrogens is 299 g/mol. The van der Waals surface area contributed by atoms with E-state index in [1.54, 1.807) is 6.07 Å². The Morgan fingerprint density at radius 3 is 2.83 bits per heavy atom. The first-order valence-electron chi connectivity index (χ1n) is 7.81. The van der Waals surface area contributed by atoms with E-state index in [0.29, 0.717) is 38.0 Å². The highest BCUT2D eigenvalue weighted by Gasteiger charge is 2.03. The van der Waals surface area contributed by atoms with Crippen molar-refractivity contribution in [2.24, 2.45) is 4.99 Å². The van der Waals surface area contributed by atoms with Gasteiger partial charge in [-0.2, -0.15) is 0 Å². The van der Waals surface area contributed by atoms with Gasteiger partial charge in [0.15, 0.2) is 5.96 Å². The van der Waals surface area contributed by atoms with Gasteiger partial charge >= 0.3 is 0 Å². The highest BCUT2D eigenvalue weighted by molar-refractivity contribution is 5.94. The number of hydrogen-bond acceptors (Lipinski definition) is 3. The Kier molecular flexibility index (Phi) is 9.38. The standard InChI is InChI=1S/C16H25FN4O2/c1-3-18-16(19-9-6-10-23-4-2)20-12-15(22)21-14-8-5-7-13(17)11-14/h5,7-8,11H,3-4,6,9-10,12H2,1-2H3,(H,21,22)(H2,18,19,20). The van der Waals surface area contributed by atoms with Crippen LogP contribution in [0.25, 0.3) is 0 Å². The minimum absolute atomic E-state index is 0.0443. The van der Waals surface area contributed by atoms with Gasteiger partial charge in [-0.05, 0) is 38.5 Å². The quantitative estimate of drug-likeness (QED) is 0.367. The van der Waals surface area contributed by atoms with E-state index in [9.17, 15) is 9.18 Å². The Morgan fingerprint density at radius 2 is 2.13 bits per heavy atom. The molecule has 0 spiro atoms. The fourth-order valence-corrected chi connectivity index (χ4v) is 1.78. The van der Waals surface area contributed by atoms with Gasteiger partial charge in [0.05, 0.1) is 0 Å². The number of benzene rings is 1. The maximum Gasteiger partial charge on any atom is 0.246 e. The number of carbonyl (C=O) groups excluding carboxylic acids is 1. The van der Waals surface area contributed by atoms with Crippen LogP contribution < -0.4 is 16.0 Å². The molecule has 0 aliphatic carbocycles. The zero-order chi connectivity index (χ0) is 16.9. The van der Waals surface area contributed by atoms with Crippen molar-refractivity contribution in [1.29, 1.82) is 0 Å². The van der Waals surface area contributed by atoms with Crippen molar-refractivity contribution in [1.82, 2.24) is 10.6 Å². The molecule has 0 saturated heterocycles. The van der Waals surface area contributed by atoms with Crippen LogP contribution in [0.3, 0.4) is 0 Å². The second-order valence-electron chi connectivity index (χ2n) is 4.73.